The van der Waals surface area contributed by atoms with Crippen LogP contribution in [0.15, 0.2) is 30.3 Å². The highest BCUT2D eigenvalue weighted by molar-refractivity contribution is 5.94. The van der Waals surface area contributed by atoms with Crippen LogP contribution in [0.2, 0.25) is 0 Å². The monoisotopic (exact) mass is 393 g/mol. The first kappa shape index (κ1) is 22.4. The smallest absolute Gasteiger partial charge is 0.354 e. The van der Waals surface area contributed by atoms with Crippen LogP contribution in [0.25, 0.3) is 0 Å². The normalized spacial score (nSPS) is 11.6. The molecule has 1 rings (SSSR count). The number of hydrogen-bond donors (Lipinski definition) is 3. The molecule has 0 atom stereocenters. The SMILES string of the molecule is CCC(=O)NCCNC(=O)C(F)(F)C(F)(F)C(=O)NOCc1ccccc1. The number of rotatable bonds is 10. The number of halogens is 4. The van der Waals surface area contributed by atoms with E-state index in [1.165, 1.54) is 5.48 Å². The van der Waals surface area contributed by atoms with Crippen molar-refractivity contribution < 1.29 is 36.8 Å². The second kappa shape index (κ2) is 9.86. The predicted octanol–water partition coefficient (Wildman–Crippen LogP) is 1.15. The van der Waals surface area contributed by atoms with Crippen LogP contribution in [0.5, 0.6) is 0 Å². The van der Waals surface area contributed by atoms with Gasteiger partial charge in [0.1, 0.15) is 0 Å². The molecule has 0 heterocycles. The molecular weight excluding hydrogens is 374 g/mol. The van der Waals surface area contributed by atoms with Gasteiger partial charge in [-0.25, -0.2) is 5.48 Å². The van der Waals surface area contributed by atoms with Gasteiger partial charge >= 0.3 is 17.8 Å². The zero-order chi connectivity index (χ0) is 20.5. The third-order valence-electron chi connectivity index (χ3n) is 3.27. The average molecular weight is 393 g/mol. The topological polar surface area (TPSA) is 96.5 Å². The molecule has 0 aliphatic carbocycles. The lowest BCUT2D eigenvalue weighted by atomic mass is 10.1. The summed E-state index contributed by atoms with van der Waals surface area (Å²) in [5.41, 5.74) is 1.72. The lowest BCUT2D eigenvalue weighted by molar-refractivity contribution is -0.217. The summed E-state index contributed by atoms with van der Waals surface area (Å²) in [5, 5.41) is 3.80. The maximum Gasteiger partial charge on any atom is 0.397 e. The number of amides is 3. The summed E-state index contributed by atoms with van der Waals surface area (Å²) in [6, 6.07) is 8.05. The number of carbonyl (C=O) groups is 3. The Labute approximate surface area is 152 Å². The van der Waals surface area contributed by atoms with Crippen molar-refractivity contribution in [1.29, 1.82) is 0 Å². The van der Waals surface area contributed by atoms with E-state index in [-0.39, 0.29) is 19.6 Å². The Morgan fingerprint density at radius 3 is 2.07 bits per heavy atom. The summed E-state index contributed by atoms with van der Waals surface area (Å²) in [6.45, 7) is 0.466. The highest BCUT2D eigenvalue weighted by Crippen LogP contribution is 2.34. The fourth-order valence-electron chi connectivity index (χ4n) is 1.72. The number of carbonyl (C=O) groups excluding carboxylic acids is 3. The third-order valence-corrected chi connectivity index (χ3v) is 3.27. The first-order chi connectivity index (χ1) is 12.6. The first-order valence-corrected chi connectivity index (χ1v) is 7.89. The van der Waals surface area contributed by atoms with Crippen molar-refractivity contribution in [2.45, 2.75) is 31.8 Å². The molecule has 11 heteroatoms. The number of hydrogen-bond acceptors (Lipinski definition) is 4. The van der Waals surface area contributed by atoms with Gasteiger partial charge in [0.2, 0.25) is 5.91 Å². The van der Waals surface area contributed by atoms with Crippen LogP contribution < -0.4 is 16.1 Å². The Kier molecular flexibility index (Phi) is 8.16. The molecule has 0 spiro atoms. The molecule has 0 fully saturated rings. The molecular formula is C16H19F4N3O4. The summed E-state index contributed by atoms with van der Waals surface area (Å²) < 4.78 is 54.7. The van der Waals surface area contributed by atoms with Gasteiger partial charge < -0.3 is 10.6 Å². The van der Waals surface area contributed by atoms with Crippen LogP contribution in [0.3, 0.4) is 0 Å². The Hall–Kier alpha value is -2.69. The van der Waals surface area contributed by atoms with Crippen molar-refractivity contribution in [1.82, 2.24) is 16.1 Å². The molecule has 0 saturated heterocycles. The van der Waals surface area contributed by atoms with E-state index >= 15 is 0 Å². The van der Waals surface area contributed by atoms with E-state index in [0.717, 1.165) is 0 Å². The Bertz CT molecular complexity index is 656. The lowest BCUT2D eigenvalue weighted by Crippen LogP contribution is -2.59. The second-order valence-corrected chi connectivity index (χ2v) is 5.31. The van der Waals surface area contributed by atoms with Crippen molar-refractivity contribution in [2.75, 3.05) is 13.1 Å². The van der Waals surface area contributed by atoms with Crippen LogP contribution in [0.4, 0.5) is 17.6 Å². The molecule has 0 aromatic heterocycles. The van der Waals surface area contributed by atoms with E-state index in [1.807, 2.05) is 0 Å². The zero-order valence-corrected chi connectivity index (χ0v) is 14.4. The Morgan fingerprint density at radius 2 is 1.48 bits per heavy atom. The maximum atomic E-state index is 13.7. The highest BCUT2D eigenvalue weighted by atomic mass is 19.3. The van der Waals surface area contributed by atoms with Crippen molar-refractivity contribution in [3.05, 3.63) is 35.9 Å². The largest absolute Gasteiger partial charge is 0.397 e. The van der Waals surface area contributed by atoms with Crippen LogP contribution in [0.1, 0.15) is 18.9 Å². The minimum atomic E-state index is -5.35. The van der Waals surface area contributed by atoms with Gasteiger partial charge in [0, 0.05) is 19.5 Å². The average Bonchev–Trinajstić information content (AvgIpc) is 2.65. The van der Waals surface area contributed by atoms with Gasteiger partial charge in [0.15, 0.2) is 0 Å². The Morgan fingerprint density at radius 1 is 0.926 bits per heavy atom. The maximum absolute atomic E-state index is 13.7. The van der Waals surface area contributed by atoms with Crippen LogP contribution in [-0.2, 0) is 25.8 Å². The molecule has 150 valence electrons. The van der Waals surface area contributed by atoms with Gasteiger partial charge in [-0.2, -0.15) is 17.6 Å². The summed E-state index contributed by atoms with van der Waals surface area (Å²) in [5.74, 6) is -15.9. The molecule has 27 heavy (non-hydrogen) atoms. The van der Waals surface area contributed by atoms with Gasteiger partial charge in [-0.1, -0.05) is 37.3 Å². The van der Waals surface area contributed by atoms with Crippen LogP contribution in [0, 0.1) is 0 Å². The molecule has 0 unspecified atom stereocenters. The zero-order valence-electron chi connectivity index (χ0n) is 14.4. The number of benzene rings is 1. The number of nitrogens with one attached hydrogen (secondary N) is 3. The van der Waals surface area contributed by atoms with E-state index < -0.39 is 36.1 Å². The molecule has 3 amide bonds. The van der Waals surface area contributed by atoms with E-state index in [0.29, 0.717) is 5.56 Å². The van der Waals surface area contributed by atoms with Crippen molar-refractivity contribution in [2.24, 2.45) is 0 Å². The third kappa shape index (κ3) is 6.20. The molecule has 0 bridgehead atoms. The molecule has 0 aliphatic rings. The minimum Gasteiger partial charge on any atom is -0.354 e. The number of hydroxylamine groups is 1. The second-order valence-electron chi connectivity index (χ2n) is 5.31. The first-order valence-electron chi connectivity index (χ1n) is 7.89. The molecule has 3 N–H and O–H groups in total. The van der Waals surface area contributed by atoms with Gasteiger partial charge in [-0.3, -0.25) is 19.2 Å². The summed E-state index contributed by atoms with van der Waals surface area (Å²) in [7, 11) is 0. The van der Waals surface area contributed by atoms with Crippen molar-refractivity contribution >= 4 is 17.7 Å². The Balaban J connectivity index is 2.54. The lowest BCUT2D eigenvalue weighted by Gasteiger charge is -2.24. The van der Waals surface area contributed by atoms with E-state index in [2.05, 4.69) is 10.2 Å². The summed E-state index contributed by atoms with van der Waals surface area (Å²) >= 11 is 0. The summed E-state index contributed by atoms with van der Waals surface area (Å²) in [6.07, 6.45) is 0.130. The van der Waals surface area contributed by atoms with Crippen LogP contribution in [-0.4, -0.2) is 42.7 Å². The van der Waals surface area contributed by atoms with Crippen molar-refractivity contribution in [3.8, 4) is 0 Å². The minimum absolute atomic E-state index is 0.130. The van der Waals surface area contributed by atoms with Gasteiger partial charge in [-0.05, 0) is 5.56 Å². The molecule has 0 radical (unpaired) electrons. The van der Waals surface area contributed by atoms with Gasteiger partial charge in [-0.15, -0.1) is 0 Å². The standard InChI is InChI=1S/C16H19F4N3O4/c1-2-12(24)21-8-9-22-13(25)15(17,18)16(19,20)14(26)23-27-10-11-6-4-3-5-7-11/h3-7H,2,8-10H2,1H3,(H,21,24)(H,22,25)(H,23,26). The molecule has 1 aromatic rings. The predicted molar refractivity (Wildman–Crippen MR) is 85.6 cm³/mol. The summed E-state index contributed by atoms with van der Waals surface area (Å²) in [4.78, 5) is 38.1. The van der Waals surface area contributed by atoms with E-state index in [1.54, 1.807) is 42.6 Å². The van der Waals surface area contributed by atoms with E-state index in [4.69, 9.17) is 0 Å². The molecule has 0 aliphatic heterocycles. The fourth-order valence-corrected chi connectivity index (χ4v) is 1.72. The highest BCUT2D eigenvalue weighted by Gasteiger charge is 2.67. The molecule has 0 saturated carbocycles. The van der Waals surface area contributed by atoms with Crippen molar-refractivity contribution in [3.63, 3.8) is 0 Å². The molecule has 1 aromatic carbocycles. The fraction of sp³-hybridized carbons (Fsp3) is 0.438. The molecule has 7 nitrogen and oxygen atoms in total. The van der Waals surface area contributed by atoms with E-state index in [9.17, 15) is 31.9 Å². The van der Waals surface area contributed by atoms with Gasteiger partial charge in [0.25, 0.3) is 5.91 Å². The number of alkyl halides is 4. The van der Waals surface area contributed by atoms with Gasteiger partial charge in [0.05, 0.1) is 6.61 Å². The van der Waals surface area contributed by atoms with Crippen LogP contribution >= 0.6 is 0 Å². The quantitative estimate of drug-likeness (QED) is 0.316.